The lowest BCUT2D eigenvalue weighted by atomic mass is 10.1. The Hall–Kier alpha value is -1.73. The number of hydrogen-bond donors (Lipinski definition) is 0. The molecule has 2 aromatic heterocycles. The summed E-state index contributed by atoms with van der Waals surface area (Å²) < 4.78 is 14.0. The molecule has 0 unspecified atom stereocenters. The fraction of sp³-hybridized carbons (Fsp3) is 0.167. The molecule has 0 amide bonds. The average molecular weight is 402 g/mol. The predicted molar refractivity (Wildman–Crippen MR) is 94.9 cm³/mol. The first-order valence-electron chi connectivity index (χ1n) is 7.61. The number of hydrogen-bond acceptors (Lipinski definition) is 4. The molecule has 4 heterocycles. The van der Waals surface area contributed by atoms with Crippen LogP contribution in [0.4, 0.5) is 0 Å². The van der Waals surface area contributed by atoms with Crippen molar-refractivity contribution in [3.63, 3.8) is 0 Å². The second kappa shape index (κ2) is 5.39. The van der Waals surface area contributed by atoms with Crippen molar-refractivity contribution in [2.75, 3.05) is 13.2 Å². The van der Waals surface area contributed by atoms with Crippen molar-refractivity contribution in [3.8, 4) is 16.1 Å². The van der Waals surface area contributed by atoms with Gasteiger partial charge in [-0.15, -0.1) is 11.3 Å². The average Bonchev–Trinajstić information content (AvgIpc) is 3.34. The van der Waals surface area contributed by atoms with Crippen LogP contribution in [-0.4, -0.2) is 23.6 Å². The van der Waals surface area contributed by atoms with Gasteiger partial charge in [-0.1, -0.05) is 6.07 Å². The molecule has 120 valence electrons. The van der Waals surface area contributed by atoms with Crippen molar-refractivity contribution < 1.29 is 14.3 Å². The first-order chi connectivity index (χ1) is 11.7. The summed E-state index contributed by atoms with van der Waals surface area (Å²) in [5.74, 6) is 0.0665. The summed E-state index contributed by atoms with van der Waals surface area (Å²) in [6.07, 6.45) is 1.68. The van der Waals surface area contributed by atoms with Crippen LogP contribution in [0.2, 0.25) is 0 Å². The van der Waals surface area contributed by atoms with E-state index in [0.717, 1.165) is 31.0 Å². The molecule has 4 nitrogen and oxygen atoms in total. The molecule has 24 heavy (non-hydrogen) atoms. The van der Waals surface area contributed by atoms with E-state index in [2.05, 4.69) is 28.1 Å². The van der Waals surface area contributed by atoms with Crippen LogP contribution in [0.5, 0.6) is 0 Å². The number of nitrogens with zero attached hydrogens (tertiary/aromatic N) is 1. The van der Waals surface area contributed by atoms with Crippen LogP contribution < -0.4 is 0 Å². The van der Waals surface area contributed by atoms with E-state index in [1.165, 1.54) is 0 Å². The van der Waals surface area contributed by atoms with Crippen molar-refractivity contribution in [2.45, 2.75) is 6.29 Å². The second-order valence-corrected chi connectivity index (χ2v) is 7.78. The van der Waals surface area contributed by atoms with Gasteiger partial charge in [0, 0.05) is 21.1 Å². The number of thiophene rings is 1. The van der Waals surface area contributed by atoms with Gasteiger partial charge >= 0.3 is 0 Å². The molecule has 6 heteroatoms. The highest BCUT2D eigenvalue weighted by Crippen LogP contribution is 2.38. The van der Waals surface area contributed by atoms with Crippen LogP contribution in [0.3, 0.4) is 0 Å². The van der Waals surface area contributed by atoms with Gasteiger partial charge in [0.25, 0.3) is 0 Å². The molecule has 1 saturated heterocycles. The Kier molecular flexibility index (Phi) is 3.28. The van der Waals surface area contributed by atoms with Crippen molar-refractivity contribution in [1.82, 2.24) is 4.57 Å². The number of ether oxygens (including phenoxy) is 2. The van der Waals surface area contributed by atoms with Crippen molar-refractivity contribution >= 4 is 33.0 Å². The summed E-state index contributed by atoms with van der Waals surface area (Å²) in [5, 5.41) is 0. The molecule has 1 aromatic carbocycles. The van der Waals surface area contributed by atoms with Gasteiger partial charge in [0.2, 0.25) is 5.78 Å². The van der Waals surface area contributed by atoms with Crippen LogP contribution in [0.15, 0.2) is 47.1 Å². The maximum Gasteiger partial charge on any atom is 0.211 e. The lowest BCUT2D eigenvalue weighted by Gasteiger charge is -2.05. The van der Waals surface area contributed by atoms with Gasteiger partial charge in [0.15, 0.2) is 6.29 Å². The van der Waals surface area contributed by atoms with E-state index in [-0.39, 0.29) is 12.1 Å². The lowest BCUT2D eigenvalue weighted by Crippen LogP contribution is -1.94. The Morgan fingerprint density at radius 3 is 2.79 bits per heavy atom. The molecule has 0 saturated carbocycles. The lowest BCUT2D eigenvalue weighted by molar-refractivity contribution is -0.0413. The number of fused-ring (bicyclic) bond motifs is 3. The molecule has 3 aromatic rings. The quantitative estimate of drug-likeness (QED) is 0.494. The largest absolute Gasteiger partial charge is 0.345 e. The Labute approximate surface area is 150 Å². The number of ketones is 1. The van der Waals surface area contributed by atoms with Gasteiger partial charge in [-0.25, -0.2) is 0 Å². The summed E-state index contributed by atoms with van der Waals surface area (Å²) in [6, 6.07) is 12.0. The van der Waals surface area contributed by atoms with E-state index in [0.29, 0.717) is 18.9 Å². The molecule has 5 rings (SSSR count). The zero-order chi connectivity index (χ0) is 16.3. The molecule has 0 aliphatic carbocycles. The predicted octanol–water partition coefficient (Wildman–Crippen LogP) is 4.56. The summed E-state index contributed by atoms with van der Waals surface area (Å²) in [6.45, 7) is 1.28. The topological polar surface area (TPSA) is 40.5 Å². The molecular formula is C18H12BrNO3S. The number of benzene rings is 1. The third-order valence-corrected chi connectivity index (χ3v) is 5.87. The molecule has 2 aliphatic rings. The fourth-order valence-electron chi connectivity index (χ4n) is 3.18. The number of aromatic nitrogens is 1. The van der Waals surface area contributed by atoms with Gasteiger partial charge in [-0.05, 0) is 51.8 Å². The number of halogens is 1. The molecular weight excluding hydrogens is 390 g/mol. The monoisotopic (exact) mass is 401 g/mol. The van der Waals surface area contributed by atoms with Crippen LogP contribution in [0.25, 0.3) is 16.1 Å². The van der Waals surface area contributed by atoms with Crippen molar-refractivity contribution in [3.05, 3.63) is 63.2 Å². The second-order valence-electron chi connectivity index (χ2n) is 5.75. The standard InChI is InChI=1S/C18H12BrNO3S/c19-11-8-14-17(21)12-7-10(1-2-13(12)20(14)9-11)15-3-4-16(24-15)18-22-5-6-23-18/h1-4,7-9,18H,5-6H2. The van der Waals surface area contributed by atoms with Gasteiger partial charge in [0.1, 0.15) is 0 Å². The normalized spacial score (nSPS) is 16.6. The fourth-order valence-corrected chi connectivity index (χ4v) is 4.61. The number of carbonyl (C=O) groups is 1. The highest BCUT2D eigenvalue weighted by atomic mass is 79.9. The highest BCUT2D eigenvalue weighted by Gasteiger charge is 2.28. The number of rotatable bonds is 2. The van der Waals surface area contributed by atoms with Crippen LogP contribution in [0.1, 0.15) is 27.2 Å². The van der Waals surface area contributed by atoms with Crippen LogP contribution in [0, 0.1) is 0 Å². The molecule has 0 N–H and O–H groups in total. The van der Waals surface area contributed by atoms with E-state index in [1.807, 2.05) is 35.0 Å². The van der Waals surface area contributed by atoms with Crippen LogP contribution >= 0.6 is 27.3 Å². The van der Waals surface area contributed by atoms with Crippen LogP contribution in [-0.2, 0) is 9.47 Å². The van der Waals surface area contributed by atoms with Gasteiger partial charge in [-0.2, -0.15) is 0 Å². The minimum atomic E-state index is -0.252. The Bertz CT molecular complexity index is 969. The SMILES string of the molecule is O=C1c2cc(-c3ccc(C4OCCO4)s3)ccc2-n2cc(Br)cc21. The van der Waals surface area contributed by atoms with E-state index in [1.54, 1.807) is 11.3 Å². The molecule has 0 bridgehead atoms. The van der Waals surface area contributed by atoms with E-state index in [9.17, 15) is 4.79 Å². The molecule has 0 radical (unpaired) electrons. The Balaban J connectivity index is 1.53. The zero-order valence-corrected chi connectivity index (χ0v) is 14.9. The molecule has 1 fully saturated rings. The molecule has 0 spiro atoms. The summed E-state index contributed by atoms with van der Waals surface area (Å²) in [4.78, 5) is 14.8. The van der Waals surface area contributed by atoms with E-state index >= 15 is 0 Å². The Morgan fingerprint density at radius 2 is 1.96 bits per heavy atom. The van der Waals surface area contributed by atoms with Gasteiger partial charge in [0.05, 0.1) is 29.5 Å². The van der Waals surface area contributed by atoms with E-state index in [4.69, 9.17) is 9.47 Å². The third-order valence-electron chi connectivity index (χ3n) is 4.29. The minimum absolute atomic E-state index is 0.0665. The Morgan fingerprint density at radius 1 is 1.12 bits per heavy atom. The maximum atomic E-state index is 12.6. The first-order valence-corrected chi connectivity index (χ1v) is 9.22. The summed E-state index contributed by atoms with van der Waals surface area (Å²) in [7, 11) is 0. The highest BCUT2D eigenvalue weighted by molar-refractivity contribution is 9.10. The van der Waals surface area contributed by atoms with Crippen molar-refractivity contribution in [2.24, 2.45) is 0 Å². The summed E-state index contributed by atoms with van der Waals surface area (Å²) in [5.41, 5.74) is 3.43. The first kappa shape index (κ1) is 14.6. The molecule has 2 aliphatic heterocycles. The maximum absolute atomic E-state index is 12.6. The van der Waals surface area contributed by atoms with E-state index < -0.39 is 0 Å². The van der Waals surface area contributed by atoms with Crippen molar-refractivity contribution in [1.29, 1.82) is 0 Å². The smallest absolute Gasteiger partial charge is 0.211 e. The third kappa shape index (κ3) is 2.14. The van der Waals surface area contributed by atoms with Gasteiger partial charge < -0.3 is 14.0 Å². The summed E-state index contributed by atoms with van der Waals surface area (Å²) >= 11 is 5.07. The minimum Gasteiger partial charge on any atom is -0.345 e. The number of carbonyl (C=O) groups excluding carboxylic acids is 1. The molecule has 0 atom stereocenters. The zero-order valence-electron chi connectivity index (χ0n) is 12.5. The van der Waals surface area contributed by atoms with Gasteiger partial charge in [-0.3, -0.25) is 4.79 Å².